The zero-order chi connectivity index (χ0) is 10.0. The summed E-state index contributed by atoms with van der Waals surface area (Å²) in [6.07, 6.45) is 0. The van der Waals surface area contributed by atoms with Crippen molar-refractivity contribution < 1.29 is 9.18 Å². The van der Waals surface area contributed by atoms with E-state index in [0.717, 1.165) is 11.1 Å². The zero-order valence-corrected chi connectivity index (χ0v) is 7.94. The molecule has 0 bridgehead atoms. The summed E-state index contributed by atoms with van der Waals surface area (Å²) in [5.74, 6) is -0.640. The number of carbonyl (C=O) groups excluding carboxylic acids is 1. The quantitative estimate of drug-likeness (QED) is 0.708. The number of hydrogen-bond donors (Lipinski definition) is 1. The first kappa shape index (κ1) is 9.71. The molecule has 2 nitrogen and oxygen atoms in total. The molecule has 0 atom stereocenters. The van der Waals surface area contributed by atoms with Crippen molar-refractivity contribution in [2.75, 3.05) is 5.32 Å². The van der Waals surface area contributed by atoms with Crippen molar-refractivity contribution in [1.29, 1.82) is 0 Å². The number of halogens is 1. The van der Waals surface area contributed by atoms with Gasteiger partial charge in [0.05, 0.1) is 5.69 Å². The summed E-state index contributed by atoms with van der Waals surface area (Å²) in [5, 5.41) is 2.45. The van der Waals surface area contributed by atoms with Crippen LogP contribution in [-0.2, 0) is 4.79 Å². The van der Waals surface area contributed by atoms with Gasteiger partial charge < -0.3 is 5.32 Å². The number of rotatable bonds is 1. The molecule has 0 heterocycles. The van der Waals surface area contributed by atoms with E-state index in [1.165, 1.54) is 13.0 Å². The van der Waals surface area contributed by atoms with Crippen molar-refractivity contribution in [3.8, 4) is 0 Å². The highest BCUT2D eigenvalue weighted by molar-refractivity contribution is 5.89. The Morgan fingerprint density at radius 1 is 1.38 bits per heavy atom. The number of anilines is 1. The molecule has 70 valence electrons. The lowest BCUT2D eigenvalue weighted by Crippen LogP contribution is -2.09. The summed E-state index contributed by atoms with van der Waals surface area (Å²) in [6, 6.07) is 3.23. The Balaban J connectivity index is 3.13. The molecule has 0 spiro atoms. The Morgan fingerprint density at radius 3 is 2.46 bits per heavy atom. The Bertz CT molecular complexity index is 324. The third-order valence-electron chi connectivity index (χ3n) is 1.73. The number of amides is 1. The molecule has 0 fully saturated rings. The van der Waals surface area contributed by atoms with Crippen molar-refractivity contribution in [2.24, 2.45) is 0 Å². The summed E-state index contributed by atoms with van der Waals surface area (Å²) >= 11 is 0. The van der Waals surface area contributed by atoms with Gasteiger partial charge in [-0.15, -0.1) is 0 Å². The van der Waals surface area contributed by atoms with Gasteiger partial charge in [-0.05, 0) is 31.0 Å². The lowest BCUT2D eigenvalue weighted by Gasteiger charge is -2.08. The minimum absolute atomic E-state index is 0.258. The molecular formula is C10H12FNO. The van der Waals surface area contributed by atoms with E-state index in [4.69, 9.17) is 0 Å². The monoisotopic (exact) mass is 181 g/mol. The average molecular weight is 181 g/mol. The van der Waals surface area contributed by atoms with Gasteiger partial charge in [-0.1, -0.05) is 6.07 Å². The molecule has 1 aromatic rings. The van der Waals surface area contributed by atoms with Crippen molar-refractivity contribution in [3.63, 3.8) is 0 Å². The highest BCUT2D eigenvalue weighted by atomic mass is 19.1. The van der Waals surface area contributed by atoms with Crippen LogP contribution in [-0.4, -0.2) is 5.91 Å². The topological polar surface area (TPSA) is 29.1 Å². The minimum atomic E-state index is -0.382. The average Bonchev–Trinajstić information content (AvgIpc) is 1.96. The second-order valence-electron chi connectivity index (χ2n) is 3.12. The van der Waals surface area contributed by atoms with E-state index in [0.29, 0.717) is 0 Å². The molecular weight excluding hydrogens is 169 g/mol. The maximum Gasteiger partial charge on any atom is 0.221 e. The van der Waals surface area contributed by atoms with Crippen molar-refractivity contribution in [2.45, 2.75) is 20.8 Å². The second-order valence-corrected chi connectivity index (χ2v) is 3.12. The van der Waals surface area contributed by atoms with E-state index >= 15 is 0 Å². The van der Waals surface area contributed by atoms with Crippen molar-refractivity contribution >= 4 is 11.6 Å². The van der Waals surface area contributed by atoms with Crippen LogP contribution in [0.4, 0.5) is 10.1 Å². The van der Waals surface area contributed by atoms with E-state index in [9.17, 15) is 9.18 Å². The SMILES string of the molecule is CC(=O)Nc1c(C)cc(C)cc1F. The van der Waals surface area contributed by atoms with E-state index in [2.05, 4.69) is 5.32 Å². The van der Waals surface area contributed by atoms with Gasteiger partial charge in [0.15, 0.2) is 0 Å². The predicted octanol–water partition coefficient (Wildman–Crippen LogP) is 2.40. The highest BCUT2D eigenvalue weighted by Crippen LogP contribution is 2.20. The molecule has 0 unspecified atom stereocenters. The lowest BCUT2D eigenvalue weighted by molar-refractivity contribution is -0.114. The normalized spacial score (nSPS) is 9.85. The summed E-state index contributed by atoms with van der Waals surface area (Å²) in [4.78, 5) is 10.7. The summed E-state index contributed by atoms with van der Waals surface area (Å²) in [6.45, 7) is 4.94. The van der Waals surface area contributed by atoms with E-state index in [1.54, 1.807) is 6.92 Å². The molecule has 0 saturated heterocycles. The molecule has 0 aliphatic heterocycles. The zero-order valence-electron chi connectivity index (χ0n) is 7.94. The summed E-state index contributed by atoms with van der Waals surface area (Å²) < 4.78 is 13.3. The number of aryl methyl sites for hydroxylation is 2. The van der Waals surface area contributed by atoms with E-state index in [1.807, 2.05) is 13.0 Å². The molecule has 0 aliphatic carbocycles. The largest absolute Gasteiger partial charge is 0.324 e. The molecule has 13 heavy (non-hydrogen) atoms. The van der Waals surface area contributed by atoms with Crippen molar-refractivity contribution in [1.82, 2.24) is 0 Å². The van der Waals surface area contributed by atoms with Gasteiger partial charge in [0.1, 0.15) is 5.82 Å². The van der Waals surface area contributed by atoms with Crippen LogP contribution in [0.15, 0.2) is 12.1 Å². The molecule has 0 aromatic heterocycles. The fourth-order valence-electron chi connectivity index (χ4n) is 1.25. The standard InChI is InChI=1S/C10H12FNO/c1-6-4-7(2)10(9(11)5-6)12-8(3)13/h4-5H,1-3H3,(H,12,13). The molecule has 1 N–H and O–H groups in total. The van der Waals surface area contributed by atoms with Crippen LogP contribution in [0.2, 0.25) is 0 Å². The first-order valence-electron chi connectivity index (χ1n) is 4.05. The summed E-state index contributed by atoms with van der Waals surface area (Å²) in [5.41, 5.74) is 1.87. The number of benzene rings is 1. The molecule has 0 radical (unpaired) electrons. The number of carbonyl (C=O) groups is 1. The fraction of sp³-hybridized carbons (Fsp3) is 0.300. The smallest absolute Gasteiger partial charge is 0.221 e. The maximum atomic E-state index is 13.3. The highest BCUT2D eigenvalue weighted by Gasteiger charge is 2.07. The maximum absolute atomic E-state index is 13.3. The van der Waals surface area contributed by atoms with Crippen LogP contribution in [0.3, 0.4) is 0 Å². The van der Waals surface area contributed by atoms with Crippen LogP contribution < -0.4 is 5.32 Å². The number of hydrogen-bond acceptors (Lipinski definition) is 1. The van der Waals surface area contributed by atoms with Crippen LogP contribution in [0.25, 0.3) is 0 Å². The van der Waals surface area contributed by atoms with Crippen LogP contribution in [0.5, 0.6) is 0 Å². The first-order chi connectivity index (χ1) is 6.00. The van der Waals surface area contributed by atoms with Crippen LogP contribution in [0, 0.1) is 19.7 Å². The first-order valence-corrected chi connectivity index (χ1v) is 4.05. The molecule has 3 heteroatoms. The van der Waals surface area contributed by atoms with Gasteiger partial charge in [-0.25, -0.2) is 4.39 Å². The predicted molar refractivity (Wildman–Crippen MR) is 50.2 cm³/mol. The molecule has 1 rings (SSSR count). The third kappa shape index (κ3) is 2.28. The third-order valence-corrected chi connectivity index (χ3v) is 1.73. The lowest BCUT2D eigenvalue weighted by atomic mass is 10.1. The Kier molecular flexibility index (Phi) is 2.66. The Hall–Kier alpha value is -1.38. The second kappa shape index (κ2) is 3.56. The number of nitrogens with one attached hydrogen (secondary N) is 1. The molecule has 1 aromatic carbocycles. The van der Waals surface area contributed by atoms with Gasteiger partial charge in [0.2, 0.25) is 5.91 Å². The van der Waals surface area contributed by atoms with Crippen LogP contribution in [0.1, 0.15) is 18.1 Å². The molecule has 0 aliphatic rings. The van der Waals surface area contributed by atoms with Gasteiger partial charge >= 0.3 is 0 Å². The van der Waals surface area contributed by atoms with Gasteiger partial charge in [-0.2, -0.15) is 0 Å². The molecule has 0 saturated carbocycles. The minimum Gasteiger partial charge on any atom is -0.324 e. The van der Waals surface area contributed by atoms with Crippen molar-refractivity contribution in [3.05, 3.63) is 29.1 Å². The summed E-state index contributed by atoms with van der Waals surface area (Å²) in [7, 11) is 0. The fourth-order valence-corrected chi connectivity index (χ4v) is 1.25. The molecule has 1 amide bonds. The van der Waals surface area contributed by atoms with Crippen LogP contribution >= 0.6 is 0 Å². The van der Waals surface area contributed by atoms with Gasteiger partial charge in [0.25, 0.3) is 0 Å². The van der Waals surface area contributed by atoms with Gasteiger partial charge in [-0.3, -0.25) is 4.79 Å². The Labute approximate surface area is 76.8 Å². The Morgan fingerprint density at radius 2 is 2.00 bits per heavy atom. The van der Waals surface area contributed by atoms with E-state index in [-0.39, 0.29) is 17.4 Å². The van der Waals surface area contributed by atoms with E-state index < -0.39 is 0 Å². The van der Waals surface area contributed by atoms with Gasteiger partial charge in [0, 0.05) is 6.92 Å².